The Bertz CT molecular complexity index is 958. The fourth-order valence-electron chi connectivity index (χ4n) is 2.87. The van der Waals surface area contributed by atoms with Crippen LogP contribution < -0.4 is 5.56 Å². The third kappa shape index (κ3) is 2.88. The number of rotatable bonds is 5. The van der Waals surface area contributed by atoms with E-state index in [0.29, 0.717) is 5.39 Å². The third-order valence-electron chi connectivity index (χ3n) is 4.17. The summed E-state index contributed by atoms with van der Waals surface area (Å²) in [5.41, 5.74) is 3.25. The molecule has 0 saturated heterocycles. The summed E-state index contributed by atoms with van der Waals surface area (Å²) in [6.07, 6.45) is 8.15. The molecule has 0 N–H and O–H groups in total. The van der Waals surface area contributed by atoms with Gasteiger partial charge in [-0.2, -0.15) is 0 Å². The van der Waals surface area contributed by atoms with Crippen LogP contribution >= 0.6 is 11.3 Å². The van der Waals surface area contributed by atoms with Gasteiger partial charge in [-0.05, 0) is 24.0 Å². The molecule has 0 aliphatic carbocycles. The zero-order valence-corrected chi connectivity index (χ0v) is 14.8. The van der Waals surface area contributed by atoms with E-state index in [1.165, 1.54) is 16.9 Å². The second-order valence-corrected chi connectivity index (χ2v) is 6.61. The number of hydrogen-bond donors (Lipinski definition) is 0. The smallest absolute Gasteiger partial charge is 0.263 e. The zero-order valence-electron chi connectivity index (χ0n) is 14.0. The first-order chi connectivity index (χ1) is 11.7. The number of aryl methyl sites for hydroxylation is 2. The number of hydrogen-bond acceptors (Lipinski definition) is 3. The molecule has 122 valence electrons. The highest BCUT2D eigenvalue weighted by Crippen LogP contribution is 2.31. The number of nitrogens with zero attached hydrogens (tertiary/aromatic N) is 2. The SMILES string of the molecule is C#CCn1c(CCC)nc2scc(-c3ccc(CC)cc3)c2c1=O. The van der Waals surface area contributed by atoms with Gasteiger partial charge < -0.3 is 0 Å². The molecule has 0 unspecified atom stereocenters. The van der Waals surface area contributed by atoms with Crippen LogP contribution in [0.1, 0.15) is 31.7 Å². The lowest BCUT2D eigenvalue weighted by Crippen LogP contribution is -2.24. The Labute approximate surface area is 146 Å². The Balaban J connectivity index is 2.22. The fourth-order valence-corrected chi connectivity index (χ4v) is 3.82. The van der Waals surface area contributed by atoms with Gasteiger partial charge in [0.15, 0.2) is 0 Å². The Morgan fingerprint density at radius 2 is 2.00 bits per heavy atom. The first kappa shape index (κ1) is 16.5. The first-order valence-corrected chi connectivity index (χ1v) is 9.11. The minimum absolute atomic E-state index is 0.0304. The Kier molecular flexibility index (Phi) is 4.82. The minimum Gasteiger partial charge on any atom is -0.284 e. The molecular formula is C20H20N2OS. The lowest BCUT2D eigenvalue weighted by atomic mass is 10.0. The average Bonchev–Trinajstić information content (AvgIpc) is 3.03. The number of terminal acetylenes is 1. The molecule has 0 atom stereocenters. The van der Waals surface area contributed by atoms with E-state index in [9.17, 15) is 4.79 Å². The predicted octanol–water partition coefficient (Wildman–Crippen LogP) is 4.27. The van der Waals surface area contributed by atoms with Gasteiger partial charge in [0.1, 0.15) is 10.7 Å². The zero-order chi connectivity index (χ0) is 17.1. The van der Waals surface area contributed by atoms with Crippen LogP contribution in [0.25, 0.3) is 21.3 Å². The highest BCUT2D eigenvalue weighted by molar-refractivity contribution is 7.17. The van der Waals surface area contributed by atoms with E-state index >= 15 is 0 Å². The van der Waals surface area contributed by atoms with E-state index in [4.69, 9.17) is 11.4 Å². The summed E-state index contributed by atoms with van der Waals surface area (Å²) in [6, 6.07) is 8.37. The Morgan fingerprint density at radius 1 is 1.25 bits per heavy atom. The van der Waals surface area contributed by atoms with E-state index in [1.54, 1.807) is 4.57 Å². The van der Waals surface area contributed by atoms with Crippen molar-refractivity contribution in [3.8, 4) is 23.5 Å². The van der Waals surface area contributed by atoms with Gasteiger partial charge in [0, 0.05) is 17.4 Å². The number of fused-ring (bicyclic) bond motifs is 1. The van der Waals surface area contributed by atoms with Gasteiger partial charge in [-0.25, -0.2) is 4.98 Å². The van der Waals surface area contributed by atoms with Crippen molar-refractivity contribution >= 4 is 21.6 Å². The van der Waals surface area contributed by atoms with Gasteiger partial charge in [-0.1, -0.05) is 44.0 Å². The number of aromatic nitrogens is 2. The summed E-state index contributed by atoms with van der Waals surface area (Å²) < 4.78 is 1.64. The molecule has 0 amide bonds. The van der Waals surface area contributed by atoms with Crippen LogP contribution in [0, 0.1) is 12.3 Å². The average molecular weight is 336 g/mol. The second-order valence-electron chi connectivity index (χ2n) is 5.75. The highest BCUT2D eigenvalue weighted by Gasteiger charge is 2.16. The van der Waals surface area contributed by atoms with Crippen molar-refractivity contribution in [2.45, 2.75) is 39.7 Å². The largest absolute Gasteiger partial charge is 0.284 e. The Hall–Kier alpha value is -2.38. The molecule has 0 saturated carbocycles. The molecule has 0 bridgehead atoms. The molecule has 3 rings (SSSR count). The lowest BCUT2D eigenvalue weighted by Gasteiger charge is -2.09. The predicted molar refractivity (Wildman–Crippen MR) is 102 cm³/mol. The fraction of sp³-hybridized carbons (Fsp3) is 0.300. The van der Waals surface area contributed by atoms with Crippen LogP contribution in [0.2, 0.25) is 0 Å². The maximum atomic E-state index is 13.0. The van der Waals surface area contributed by atoms with Crippen LogP contribution in [-0.2, 0) is 19.4 Å². The molecule has 2 aromatic heterocycles. The molecule has 3 aromatic rings. The van der Waals surface area contributed by atoms with E-state index in [2.05, 4.69) is 44.0 Å². The first-order valence-electron chi connectivity index (χ1n) is 8.23. The molecule has 2 heterocycles. The van der Waals surface area contributed by atoms with Crippen LogP contribution in [-0.4, -0.2) is 9.55 Å². The van der Waals surface area contributed by atoms with Gasteiger partial charge in [0.05, 0.1) is 11.9 Å². The normalized spacial score (nSPS) is 10.9. The number of benzene rings is 1. The molecule has 0 radical (unpaired) electrons. The highest BCUT2D eigenvalue weighted by atomic mass is 32.1. The summed E-state index contributed by atoms with van der Waals surface area (Å²) in [5.74, 6) is 3.36. The summed E-state index contributed by atoms with van der Waals surface area (Å²) in [5, 5.41) is 2.70. The second kappa shape index (κ2) is 7.02. The summed E-state index contributed by atoms with van der Waals surface area (Å²) >= 11 is 1.52. The molecule has 4 heteroatoms. The molecular weight excluding hydrogens is 316 g/mol. The third-order valence-corrected chi connectivity index (χ3v) is 5.04. The van der Waals surface area contributed by atoms with Crippen LogP contribution in [0.4, 0.5) is 0 Å². The molecule has 3 nitrogen and oxygen atoms in total. The van der Waals surface area contributed by atoms with Crippen molar-refractivity contribution in [1.29, 1.82) is 0 Å². The van der Waals surface area contributed by atoms with E-state index in [0.717, 1.165) is 41.0 Å². The summed E-state index contributed by atoms with van der Waals surface area (Å²) in [7, 11) is 0. The van der Waals surface area contributed by atoms with Crippen molar-refractivity contribution in [3.63, 3.8) is 0 Å². The maximum absolute atomic E-state index is 13.0. The van der Waals surface area contributed by atoms with E-state index < -0.39 is 0 Å². The summed E-state index contributed by atoms with van der Waals surface area (Å²) in [6.45, 7) is 4.47. The minimum atomic E-state index is -0.0304. The van der Waals surface area contributed by atoms with Gasteiger partial charge in [0.25, 0.3) is 5.56 Å². The van der Waals surface area contributed by atoms with Gasteiger partial charge in [-0.15, -0.1) is 17.8 Å². The molecule has 0 aliphatic heterocycles. The molecule has 0 spiro atoms. The molecule has 24 heavy (non-hydrogen) atoms. The molecule has 0 fully saturated rings. The summed E-state index contributed by atoms with van der Waals surface area (Å²) in [4.78, 5) is 18.5. The van der Waals surface area contributed by atoms with Crippen molar-refractivity contribution in [3.05, 3.63) is 51.4 Å². The van der Waals surface area contributed by atoms with Crippen molar-refractivity contribution in [2.75, 3.05) is 0 Å². The van der Waals surface area contributed by atoms with Crippen molar-refractivity contribution in [2.24, 2.45) is 0 Å². The molecule has 0 aliphatic rings. The quantitative estimate of drug-likeness (QED) is 0.652. The van der Waals surface area contributed by atoms with E-state index in [1.807, 2.05) is 5.38 Å². The van der Waals surface area contributed by atoms with E-state index in [-0.39, 0.29) is 12.1 Å². The van der Waals surface area contributed by atoms with Gasteiger partial charge in [-0.3, -0.25) is 9.36 Å². The van der Waals surface area contributed by atoms with Crippen molar-refractivity contribution < 1.29 is 0 Å². The maximum Gasteiger partial charge on any atom is 0.263 e. The van der Waals surface area contributed by atoms with Gasteiger partial charge >= 0.3 is 0 Å². The Morgan fingerprint density at radius 3 is 2.62 bits per heavy atom. The van der Waals surface area contributed by atoms with Crippen LogP contribution in [0.15, 0.2) is 34.4 Å². The number of thiophene rings is 1. The monoisotopic (exact) mass is 336 g/mol. The standard InChI is InChI=1S/C20H20N2OS/c1-4-7-17-21-19-18(20(23)22(17)12-5-2)16(13-24-19)15-10-8-14(6-3)9-11-15/h2,8-11,13H,4,6-7,12H2,1,3H3. The van der Waals surface area contributed by atoms with Gasteiger partial charge in [0.2, 0.25) is 0 Å². The van der Waals surface area contributed by atoms with Crippen LogP contribution in [0.3, 0.4) is 0 Å². The molecule has 1 aromatic carbocycles. The van der Waals surface area contributed by atoms with Crippen LogP contribution in [0.5, 0.6) is 0 Å². The van der Waals surface area contributed by atoms with Crippen molar-refractivity contribution in [1.82, 2.24) is 9.55 Å². The topological polar surface area (TPSA) is 34.9 Å². The lowest BCUT2D eigenvalue weighted by molar-refractivity contribution is 0.686.